The molecule has 0 saturated heterocycles. The summed E-state index contributed by atoms with van der Waals surface area (Å²) in [4.78, 5) is 20.3. The molecule has 0 radical (unpaired) electrons. The third-order valence-electron chi connectivity index (χ3n) is 2.82. The van der Waals surface area contributed by atoms with Crippen LogP contribution in [0.1, 0.15) is 17.3 Å². The SMILES string of the molecule is CCOC(=O)c1cnn(-c2nc(NC)nc3[nH]ncc23)c1. The molecule has 0 atom stereocenters. The highest BCUT2D eigenvalue weighted by Crippen LogP contribution is 2.19. The Labute approximate surface area is 119 Å². The van der Waals surface area contributed by atoms with Gasteiger partial charge >= 0.3 is 5.97 Å². The van der Waals surface area contributed by atoms with E-state index in [-0.39, 0.29) is 0 Å². The van der Waals surface area contributed by atoms with E-state index in [2.05, 4.69) is 30.6 Å². The molecule has 0 fully saturated rings. The van der Waals surface area contributed by atoms with Gasteiger partial charge in [0.1, 0.15) is 0 Å². The molecule has 0 aromatic carbocycles. The van der Waals surface area contributed by atoms with Crippen LogP contribution in [0, 0.1) is 0 Å². The summed E-state index contributed by atoms with van der Waals surface area (Å²) >= 11 is 0. The van der Waals surface area contributed by atoms with Crippen LogP contribution in [0.5, 0.6) is 0 Å². The van der Waals surface area contributed by atoms with Crippen LogP contribution in [0.25, 0.3) is 16.9 Å². The first-order valence-electron chi connectivity index (χ1n) is 6.34. The first-order chi connectivity index (χ1) is 10.2. The number of anilines is 1. The lowest BCUT2D eigenvalue weighted by molar-refractivity contribution is 0.0526. The second-order valence-corrected chi connectivity index (χ2v) is 4.15. The van der Waals surface area contributed by atoms with Crippen molar-refractivity contribution in [2.24, 2.45) is 0 Å². The fraction of sp³-hybridized carbons (Fsp3) is 0.250. The van der Waals surface area contributed by atoms with Crippen LogP contribution in [0.2, 0.25) is 0 Å². The Morgan fingerprint density at radius 2 is 2.29 bits per heavy atom. The molecule has 0 unspecified atom stereocenters. The lowest BCUT2D eigenvalue weighted by Crippen LogP contribution is -2.05. The maximum Gasteiger partial charge on any atom is 0.341 e. The summed E-state index contributed by atoms with van der Waals surface area (Å²) in [7, 11) is 1.72. The van der Waals surface area contributed by atoms with Gasteiger partial charge in [0.15, 0.2) is 11.5 Å². The maximum atomic E-state index is 11.7. The van der Waals surface area contributed by atoms with Crippen LogP contribution in [-0.2, 0) is 4.74 Å². The summed E-state index contributed by atoms with van der Waals surface area (Å²) in [6.45, 7) is 2.06. The number of ether oxygens (including phenoxy) is 1. The molecule has 0 aliphatic carbocycles. The number of nitrogens with zero attached hydrogens (tertiary/aromatic N) is 5. The Balaban J connectivity index is 2.07. The molecule has 9 heteroatoms. The van der Waals surface area contributed by atoms with E-state index in [1.165, 1.54) is 10.9 Å². The fourth-order valence-corrected chi connectivity index (χ4v) is 1.86. The number of aromatic nitrogens is 6. The monoisotopic (exact) mass is 287 g/mol. The third kappa shape index (κ3) is 2.29. The summed E-state index contributed by atoms with van der Waals surface area (Å²) in [5, 5.41) is 14.4. The van der Waals surface area contributed by atoms with Crippen molar-refractivity contribution in [3.63, 3.8) is 0 Å². The molecule has 21 heavy (non-hydrogen) atoms. The van der Waals surface area contributed by atoms with E-state index < -0.39 is 5.97 Å². The zero-order chi connectivity index (χ0) is 14.8. The molecule has 0 aliphatic heterocycles. The van der Waals surface area contributed by atoms with Gasteiger partial charge in [0.2, 0.25) is 5.95 Å². The minimum absolute atomic E-state index is 0.313. The van der Waals surface area contributed by atoms with Crippen LogP contribution in [-0.4, -0.2) is 49.6 Å². The standard InChI is InChI=1S/C12H13N7O2/c1-3-21-11(20)7-4-15-19(6-7)10-8-5-14-18-9(8)16-12(13-2)17-10/h4-6H,3H2,1-2H3,(H2,13,14,16,17,18). The predicted molar refractivity (Wildman–Crippen MR) is 74.3 cm³/mol. The number of hydrogen-bond acceptors (Lipinski definition) is 7. The van der Waals surface area contributed by atoms with Gasteiger partial charge in [-0.1, -0.05) is 0 Å². The molecule has 0 bridgehead atoms. The van der Waals surface area contributed by atoms with Crippen molar-refractivity contribution in [2.75, 3.05) is 19.0 Å². The lowest BCUT2D eigenvalue weighted by atomic mass is 10.3. The van der Waals surface area contributed by atoms with E-state index in [1.54, 1.807) is 26.4 Å². The van der Waals surface area contributed by atoms with Crippen LogP contribution < -0.4 is 5.32 Å². The Morgan fingerprint density at radius 1 is 1.43 bits per heavy atom. The fourth-order valence-electron chi connectivity index (χ4n) is 1.86. The molecular weight excluding hydrogens is 274 g/mol. The predicted octanol–water partition coefficient (Wildman–Crippen LogP) is 0.757. The van der Waals surface area contributed by atoms with Gasteiger partial charge in [0.05, 0.1) is 30.0 Å². The number of esters is 1. The molecular formula is C12H13N7O2. The minimum Gasteiger partial charge on any atom is -0.462 e. The first kappa shape index (κ1) is 13.0. The molecule has 108 valence electrons. The molecule has 3 heterocycles. The number of fused-ring (bicyclic) bond motifs is 1. The molecule has 3 aromatic rings. The zero-order valence-electron chi connectivity index (χ0n) is 11.5. The van der Waals surface area contributed by atoms with Crippen LogP contribution in [0.3, 0.4) is 0 Å². The molecule has 2 N–H and O–H groups in total. The van der Waals surface area contributed by atoms with Crippen molar-refractivity contribution in [3.8, 4) is 5.82 Å². The highest BCUT2D eigenvalue weighted by molar-refractivity contribution is 5.89. The molecule has 0 amide bonds. The smallest absolute Gasteiger partial charge is 0.341 e. The highest BCUT2D eigenvalue weighted by Gasteiger charge is 2.15. The van der Waals surface area contributed by atoms with Crippen LogP contribution in [0.15, 0.2) is 18.6 Å². The van der Waals surface area contributed by atoms with Gasteiger partial charge in [-0.3, -0.25) is 5.10 Å². The van der Waals surface area contributed by atoms with E-state index in [0.29, 0.717) is 35.0 Å². The summed E-state index contributed by atoms with van der Waals surface area (Å²) in [6, 6.07) is 0. The van der Waals surface area contributed by atoms with E-state index >= 15 is 0 Å². The van der Waals surface area contributed by atoms with Crippen molar-refractivity contribution in [1.82, 2.24) is 29.9 Å². The van der Waals surface area contributed by atoms with Gasteiger partial charge in [-0.25, -0.2) is 9.48 Å². The van der Waals surface area contributed by atoms with Crippen molar-refractivity contribution in [3.05, 3.63) is 24.2 Å². The van der Waals surface area contributed by atoms with Crippen LogP contribution in [0.4, 0.5) is 5.95 Å². The number of carbonyl (C=O) groups excluding carboxylic acids is 1. The summed E-state index contributed by atoms with van der Waals surface area (Å²) in [5.41, 5.74) is 0.940. The molecule has 9 nitrogen and oxygen atoms in total. The lowest BCUT2D eigenvalue weighted by Gasteiger charge is -2.04. The zero-order valence-corrected chi connectivity index (χ0v) is 11.5. The quantitative estimate of drug-likeness (QED) is 0.681. The topological polar surface area (TPSA) is 111 Å². The molecule has 3 aromatic heterocycles. The van der Waals surface area contributed by atoms with Gasteiger partial charge < -0.3 is 10.1 Å². The molecule has 0 aliphatic rings. The van der Waals surface area contributed by atoms with E-state index in [9.17, 15) is 4.79 Å². The largest absolute Gasteiger partial charge is 0.462 e. The Bertz CT molecular complexity index is 792. The minimum atomic E-state index is -0.421. The van der Waals surface area contributed by atoms with Crippen LogP contribution >= 0.6 is 0 Å². The molecule has 0 saturated carbocycles. The number of aromatic amines is 1. The van der Waals surface area contributed by atoms with Crippen molar-refractivity contribution < 1.29 is 9.53 Å². The molecule has 3 rings (SSSR count). The number of carbonyl (C=O) groups is 1. The normalized spacial score (nSPS) is 10.8. The average molecular weight is 287 g/mol. The van der Waals surface area contributed by atoms with Crippen molar-refractivity contribution in [1.29, 1.82) is 0 Å². The Morgan fingerprint density at radius 3 is 3.05 bits per heavy atom. The third-order valence-corrected chi connectivity index (χ3v) is 2.82. The highest BCUT2D eigenvalue weighted by atomic mass is 16.5. The second kappa shape index (κ2) is 5.19. The van der Waals surface area contributed by atoms with Gasteiger partial charge in [-0.2, -0.15) is 20.2 Å². The number of rotatable bonds is 4. The van der Waals surface area contributed by atoms with Gasteiger partial charge in [0.25, 0.3) is 0 Å². The Hall–Kier alpha value is -2.97. The summed E-state index contributed by atoms with van der Waals surface area (Å²) in [6.07, 6.45) is 4.60. The van der Waals surface area contributed by atoms with Gasteiger partial charge in [-0.15, -0.1) is 0 Å². The van der Waals surface area contributed by atoms with Gasteiger partial charge in [0, 0.05) is 13.2 Å². The van der Waals surface area contributed by atoms with E-state index in [1.807, 2.05) is 0 Å². The number of nitrogens with one attached hydrogen (secondary N) is 2. The average Bonchev–Trinajstić information content (AvgIpc) is 3.15. The van der Waals surface area contributed by atoms with Crippen molar-refractivity contribution >= 4 is 23.0 Å². The Kier molecular flexibility index (Phi) is 3.22. The number of H-pyrrole nitrogens is 1. The second-order valence-electron chi connectivity index (χ2n) is 4.15. The van der Waals surface area contributed by atoms with Crippen molar-refractivity contribution in [2.45, 2.75) is 6.92 Å². The first-order valence-corrected chi connectivity index (χ1v) is 6.34. The van der Waals surface area contributed by atoms with E-state index in [4.69, 9.17) is 4.74 Å². The summed E-state index contributed by atoms with van der Waals surface area (Å²) in [5.74, 6) is 0.527. The molecule has 0 spiro atoms. The summed E-state index contributed by atoms with van der Waals surface area (Å²) < 4.78 is 6.43. The number of hydrogen-bond donors (Lipinski definition) is 2. The van der Waals surface area contributed by atoms with Gasteiger partial charge in [-0.05, 0) is 6.92 Å². The maximum absolute atomic E-state index is 11.7. The van der Waals surface area contributed by atoms with E-state index in [0.717, 1.165) is 0 Å².